The highest BCUT2D eigenvalue weighted by Crippen LogP contribution is 2.07. The fourth-order valence-electron chi connectivity index (χ4n) is 1.39. The summed E-state index contributed by atoms with van der Waals surface area (Å²) in [5.41, 5.74) is -0.380. The Bertz CT molecular complexity index is 364. The van der Waals surface area contributed by atoms with E-state index in [2.05, 4.69) is 6.92 Å². The Kier molecular flexibility index (Phi) is 9.08. The summed E-state index contributed by atoms with van der Waals surface area (Å²) in [5, 5.41) is 25.4. The van der Waals surface area contributed by atoms with Gasteiger partial charge in [0.05, 0.1) is 11.1 Å². The van der Waals surface area contributed by atoms with Crippen LogP contribution in [0.15, 0.2) is 24.3 Å². The van der Waals surface area contributed by atoms with Crippen LogP contribution in [-0.4, -0.2) is 33.9 Å². The summed E-state index contributed by atoms with van der Waals surface area (Å²) >= 11 is 0. The van der Waals surface area contributed by atoms with Gasteiger partial charge in [0.25, 0.3) is 0 Å². The molecule has 5 nitrogen and oxygen atoms in total. The topological polar surface area (TPSA) is 94.8 Å². The first kappa shape index (κ1) is 17.1. The molecule has 5 heteroatoms. The number of unbranched alkanes of at least 4 members (excludes halogenated alkanes) is 3. The first-order valence-corrected chi connectivity index (χ1v) is 6.21. The minimum absolute atomic E-state index is 0.190. The van der Waals surface area contributed by atoms with Crippen LogP contribution in [0.3, 0.4) is 0 Å². The quantitative estimate of drug-likeness (QED) is 0.689. The molecule has 0 amide bonds. The number of carbonyl (C=O) groups is 2. The highest BCUT2D eigenvalue weighted by Gasteiger charge is 2.13. The van der Waals surface area contributed by atoms with Gasteiger partial charge in [-0.15, -0.1) is 0 Å². The second kappa shape index (κ2) is 10.1. The summed E-state index contributed by atoms with van der Waals surface area (Å²) in [5.74, 6) is -2.46. The van der Waals surface area contributed by atoms with E-state index in [1.807, 2.05) is 0 Å². The molecule has 0 saturated carbocycles. The van der Waals surface area contributed by atoms with Crippen LogP contribution in [-0.2, 0) is 0 Å². The zero-order valence-electron chi connectivity index (χ0n) is 11.0. The summed E-state index contributed by atoms with van der Waals surface area (Å²) in [6.07, 6.45) is 4.68. The van der Waals surface area contributed by atoms with Gasteiger partial charge < -0.3 is 15.3 Å². The molecule has 0 spiro atoms. The average Bonchev–Trinajstić information content (AvgIpc) is 2.40. The molecule has 0 atom stereocenters. The first-order chi connectivity index (χ1) is 9.04. The molecule has 106 valence electrons. The van der Waals surface area contributed by atoms with Gasteiger partial charge in [0.2, 0.25) is 0 Å². The van der Waals surface area contributed by atoms with E-state index in [1.165, 1.54) is 43.5 Å². The van der Waals surface area contributed by atoms with Crippen LogP contribution in [0.25, 0.3) is 0 Å². The molecule has 1 rings (SSSR count). The number of aliphatic hydroxyl groups excluding tert-OH is 1. The van der Waals surface area contributed by atoms with Crippen LogP contribution in [0.5, 0.6) is 0 Å². The molecule has 19 heavy (non-hydrogen) atoms. The molecule has 1 aromatic rings. The first-order valence-electron chi connectivity index (χ1n) is 6.21. The number of hydrogen-bond acceptors (Lipinski definition) is 3. The predicted octanol–water partition coefficient (Wildman–Crippen LogP) is 2.64. The van der Waals surface area contributed by atoms with E-state index in [0.717, 1.165) is 6.42 Å². The van der Waals surface area contributed by atoms with Crippen LogP contribution in [0.2, 0.25) is 0 Å². The van der Waals surface area contributed by atoms with Crippen molar-refractivity contribution in [3.05, 3.63) is 35.4 Å². The lowest BCUT2D eigenvalue weighted by atomic mass is 10.1. The maximum Gasteiger partial charge on any atom is 0.336 e. The van der Waals surface area contributed by atoms with Crippen molar-refractivity contribution in [1.29, 1.82) is 0 Å². The molecule has 0 fully saturated rings. The molecule has 0 radical (unpaired) electrons. The normalized spacial score (nSPS) is 9.37. The average molecular weight is 268 g/mol. The van der Waals surface area contributed by atoms with Gasteiger partial charge in [0, 0.05) is 6.61 Å². The molecule has 0 aliphatic heterocycles. The summed E-state index contributed by atoms with van der Waals surface area (Å²) in [6.45, 7) is 2.53. The van der Waals surface area contributed by atoms with Crippen LogP contribution in [0, 0.1) is 0 Å². The minimum Gasteiger partial charge on any atom is -0.478 e. The van der Waals surface area contributed by atoms with Crippen molar-refractivity contribution < 1.29 is 24.9 Å². The number of aromatic carboxylic acids is 2. The van der Waals surface area contributed by atoms with Gasteiger partial charge >= 0.3 is 11.9 Å². The van der Waals surface area contributed by atoms with Crippen LogP contribution < -0.4 is 0 Å². The third-order valence-electron chi connectivity index (χ3n) is 2.40. The molecule has 3 N–H and O–H groups in total. The molecule has 0 unspecified atom stereocenters. The van der Waals surface area contributed by atoms with Crippen molar-refractivity contribution in [3.63, 3.8) is 0 Å². The number of benzene rings is 1. The smallest absolute Gasteiger partial charge is 0.336 e. The third-order valence-corrected chi connectivity index (χ3v) is 2.40. The third kappa shape index (κ3) is 7.21. The van der Waals surface area contributed by atoms with E-state index in [-0.39, 0.29) is 11.1 Å². The lowest BCUT2D eigenvalue weighted by Gasteiger charge is -1.98. The van der Waals surface area contributed by atoms with E-state index in [1.54, 1.807) is 0 Å². The van der Waals surface area contributed by atoms with Crippen molar-refractivity contribution >= 4 is 11.9 Å². The van der Waals surface area contributed by atoms with Gasteiger partial charge in [0.15, 0.2) is 0 Å². The minimum atomic E-state index is -1.23. The van der Waals surface area contributed by atoms with Gasteiger partial charge in [0.1, 0.15) is 0 Å². The Morgan fingerprint density at radius 3 is 1.74 bits per heavy atom. The molecule has 1 aromatic carbocycles. The number of hydrogen-bond donors (Lipinski definition) is 3. The van der Waals surface area contributed by atoms with Crippen molar-refractivity contribution in [1.82, 2.24) is 0 Å². The molecule has 0 aromatic heterocycles. The van der Waals surface area contributed by atoms with Gasteiger partial charge in [-0.25, -0.2) is 9.59 Å². The number of aliphatic hydroxyl groups is 1. The summed E-state index contributed by atoms with van der Waals surface area (Å²) in [6, 6.07) is 5.48. The van der Waals surface area contributed by atoms with Crippen molar-refractivity contribution in [2.24, 2.45) is 0 Å². The molecule has 0 bridgehead atoms. The fourth-order valence-corrected chi connectivity index (χ4v) is 1.39. The van der Waals surface area contributed by atoms with Crippen LogP contribution in [0.1, 0.15) is 53.3 Å². The lowest BCUT2D eigenvalue weighted by molar-refractivity contribution is 0.0651. The number of carboxylic acid groups (broad SMARTS) is 2. The molecular formula is C14H20O5. The highest BCUT2D eigenvalue weighted by atomic mass is 16.4. The summed E-state index contributed by atoms with van der Waals surface area (Å²) in [7, 11) is 0. The molecule has 0 aliphatic carbocycles. The number of carboxylic acids is 2. The Balaban J connectivity index is 0.000000399. The molecular weight excluding hydrogens is 248 g/mol. The maximum atomic E-state index is 10.5. The molecule has 0 aliphatic rings. The van der Waals surface area contributed by atoms with E-state index in [9.17, 15) is 9.59 Å². The second-order valence-electron chi connectivity index (χ2n) is 3.94. The predicted molar refractivity (Wildman–Crippen MR) is 71.6 cm³/mol. The van der Waals surface area contributed by atoms with E-state index in [0.29, 0.717) is 6.61 Å². The highest BCUT2D eigenvalue weighted by molar-refractivity contribution is 6.01. The Morgan fingerprint density at radius 1 is 0.947 bits per heavy atom. The SMILES string of the molecule is CCCCCCO.O=C(O)c1ccccc1C(=O)O. The largest absolute Gasteiger partial charge is 0.478 e. The second-order valence-corrected chi connectivity index (χ2v) is 3.94. The Morgan fingerprint density at radius 2 is 1.42 bits per heavy atom. The van der Waals surface area contributed by atoms with Gasteiger partial charge in [-0.05, 0) is 18.6 Å². The Hall–Kier alpha value is -1.88. The van der Waals surface area contributed by atoms with Gasteiger partial charge in [-0.3, -0.25) is 0 Å². The zero-order valence-corrected chi connectivity index (χ0v) is 11.0. The monoisotopic (exact) mass is 268 g/mol. The van der Waals surface area contributed by atoms with Crippen molar-refractivity contribution in [3.8, 4) is 0 Å². The van der Waals surface area contributed by atoms with Crippen LogP contribution in [0.4, 0.5) is 0 Å². The van der Waals surface area contributed by atoms with Gasteiger partial charge in [-0.2, -0.15) is 0 Å². The maximum absolute atomic E-state index is 10.5. The standard InChI is InChI=1S/C8H6O4.C6H14O/c9-7(10)5-3-1-2-4-6(5)8(11)12;1-2-3-4-5-6-7/h1-4H,(H,9,10)(H,11,12);7H,2-6H2,1H3. The lowest BCUT2D eigenvalue weighted by Crippen LogP contribution is -2.06. The van der Waals surface area contributed by atoms with Crippen molar-refractivity contribution in [2.75, 3.05) is 6.61 Å². The summed E-state index contributed by atoms with van der Waals surface area (Å²) in [4.78, 5) is 20.9. The zero-order chi connectivity index (χ0) is 14.7. The Labute approximate surface area is 112 Å². The molecule has 0 saturated heterocycles. The van der Waals surface area contributed by atoms with Crippen LogP contribution >= 0.6 is 0 Å². The van der Waals surface area contributed by atoms with E-state index >= 15 is 0 Å². The van der Waals surface area contributed by atoms with E-state index in [4.69, 9.17) is 15.3 Å². The number of rotatable bonds is 6. The summed E-state index contributed by atoms with van der Waals surface area (Å²) < 4.78 is 0. The van der Waals surface area contributed by atoms with Crippen molar-refractivity contribution in [2.45, 2.75) is 32.6 Å². The molecule has 0 heterocycles. The van der Waals surface area contributed by atoms with Gasteiger partial charge in [-0.1, -0.05) is 38.3 Å². The fraction of sp³-hybridized carbons (Fsp3) is 0.429. The van der Waals surface area contributed by atoms with E-state index < -0.39 is 11.9 Å².